The first-order valence-electron chi connectivity index (χ1n) is 2.52. The molecule has 48 valence electrons. The van der Waals surface area contributed by atoms with E-state index in [9.17, 15) is 0 Å². The van der Waals surface area contributed by atoms with Crippen molar-refractivity contribution in [1.82, 2.24) is 13.5 Å². The van der Waals surface area contributed by atoms with E-state index in [0.717, 1.165) is 12.2 Å². The quantitative estimate of drug-likeness (QED) is 0.611. The van der Waals surface area contributed by atoms with Crippen LogP contribution in [-0.2, 0) is 6.54 Å². The van der Waals surface area contributed by atoms with Crippen LogP contribution in [0.5, 0.6) is 0 Å². The van der Waals surface area contributed by atoms with E-state index < -0.39 is 0 Å². The lowest BCUT2D eigenvalue weighted by atomic mass is 10.5. The molecule has 1 aromatic heterocycles. The summed E-state index contributed by atoms with van der Waals surface area (Å²) in [7, 11) is 0. The number of hydrogen-bond donors (Lipinski definition) is 1. The third-order valence-corrected chi connectivity index (χ3v) is 1.25. The number of rotatable bonds is 2. The molecule has 0 fully saturated rings. The number of hydrogen-bond acceptors (Lipinski definition) is 3. The molecule has 3 nitrogen and oxygen atoms in total. The summed E-state index contributed by atoms with van der Waals surface area (Å²) in [5.41, 5.74) is 0.965. The molecule has 0 bridgehead atoms. The third-order valence-electron chi connectivity index (χ3n) is 0.865. The van der Waals surface area contributed by atoms with Gasteiger partial charge in [-0.1, -0.05) is 0 Å². The summed E-state index contributed by atoms with van der Waals surface area (Å²) in [5.74, 6) is 0. The maximum absolute atomic E-state index is 4.04. The number of aromatic nitrogens is 2. The van der Waals surface area contributed by atoms with Crippen LogP contribution >= 0.6 is 22.9 Å². The summed E-state index contributed by atoms with van der Waals surface area (Å²) in [6, 6.07) is 0. The van der Waals surface area contributed by atoms with Crippen molar-refractivity contribution in [3.8, 4) is 0 Å². The fraction of sp³-hybridized carbons (Fsp3) is 0.200. The molecule has 0 radical (unpaired) electrons. The second-order valence-electron chi connectivity index (χ2n) is 1.51. The van der Waals surface area contributed by atoms with Gasteiger partial charge in [0, 0.05) is 48.0 Å². The van der Waals surface area contributed by atoms with Crippen molar-refractivity contribution in [3.05, 3.63) is 24.3 Å². The van der Waals surface area contributed by atoms with Gasteiger partial charge >= 0.3 is 0 Å². The van der Waals surface area contributed by atoms with Gasteiger partial charge in [-0.05, 0) is 0 Å². The van der Waals surface area contributed by atoms with E-state index in [1.165, 1.54) is 0 Å². The van der Waals surface area contributed by atoms with Crippen molar-refractivity contribution < 1.29 is 0 Å². The van der Waals surface area contributed by atoms with E-state index in [-0.39, 0.29) is 0 Å². The van der Waals surface area contributed by atoms with Crippen LogP contribution in [0.1, 0.15) is 5.69 Å². The highest BCUT2D eigenvalue weighted by Gasteiger charge is 1.87. The highest BCUT2D eigenvalue weighted by molar-refractivity contribution is 14.1. The van der Waals surface area contributed by atoms with Crippen LogP contribution in [-0.4, -0.2) is 9.97 Å². The predicted molar refractivity (Wildman–Crippen MR) is 42.9 cm³/mol. The highest BCUT2D eigenvalue weighted by Crippen LogP contribution is 1.88. The van der Waals surface area contributed by atoms with E-state index in [4.69, 9.17) is 0 Å². The molecule has 0 amide bonds. The molecule has 0 atom stereocenters. The Hall–Kier alpha value is -0.230. The van der Waals surface area contributed by atoms with Crippen molar-refractivity contribution in [2.75, 3.05) is 0 Å². The second kappa shape index (κ2) is 3.73. The summed E-state index contributed by atoms with van der Waals surface area (Å²) < 4.78 is 2.95. The van der Waals surface area contributed by atoms with Gasteiger partial charge in [0.25, 0.3) is 0 Å². The van der Waals surface area contributed by atoms with Crippen molar-refractivity contribution in [1.29, 1.82) is 0 Å². The van der Waals surface area contributed by atoms with Gasteiger partial charge in [0.2, 0.25) is 0 Å². The molecule has 9 heavy (non-hydrogen) atoms. The summed E-state index contributed by atoms with van der Waals surface area (Å²) >= 11 is 2.07. The normalized spacial score (nSPS) is 9.44. The van der Waals surface area contributed by atoms with Crippen LogP contribution in [0, 0.1) is 0 Å². The zero-order valence-corrected chi connectivity index (χ0v) is 6.87. The van der Waals surface area contributed by atoms with Gasteiger partial charge in [0.1, 0.15) is 0 Å². The summed E-state index contributed by atoms with van der Waals surface area (Å²) in [6.45, 7) is 0.772. The Kier molecular flexibility index (Phi) is 2.85. The van der Waals surface area contributed by atoms with Crippen LogP contribution in [0.25, 0.3) is 0 Å². The molecule has 0 aromatic carbocycles. The predicted octanol–water partition coefficient (Wildman–Crippen LogP) is 0.916. The minimum absolute atomic E-state index is 0.772. The van der Waals surface area contributed by atoms with E-state index in [1.54, 1.807) is 18.6 Å². The van der Waals surface area contributed by atoms with Gasteiger partial charge in [-0.15, -0.1) is 0 Å². The van der Waals surface area contributed by atoms with Crippen LogP contribution < -0.4 is 3.53 Å². The molecule has 0 aliphatic rings. The molecule has 1 rings (SSSR count). The molecule has 0 aliphatic carbocycles. The maximum Gasteiger partial charge on any atom is 0.0732 e. The molecular formula is C5H6IN3. The summed E-state index contributed by atoms with van der Waals surface area (Å²) in [4.78, 5) is 7.94. The summed E-state index contributed by atoms with van der Waals surface area (Å²) in [5, 5.41) is 0. The number of halogens is 1. The first-order chi connectivity index (χ1) is 4.43. The smallest absolute Gasteiger partial charge is 0.0732 e. The SMILES string of the molecule is INCc1cnccn1. The minimum atomic E-state index is 0.772. The van der Waals surface area contributed by atoms with Gasteiger partial charge in [-0.25, -0.2) is 0 Å². The van der Waals surface area contributed by atoms with E-state index in [1.807, 2.05) is 0 Å². The Bertz CT molecular complexity index is 165. The molecule has 0 spiro atoms. The lowest BCUT2D eigenvalue weighted by Gasteiger charge is -1.92. The van der Waals surface area contributed by atoms with Crippen molar-refractivity contribution >= 4 is 22.9 Å². The van der Waals surface area contributed by atoms with Gasteiger partial charge in [0.05, 0.1) is 5.69 Å². The van der Waals surface area contributed by atoms with E-state index >= 15 is 0 Å². The zero-order chi connectivity index (χ0) is 6.53. The Morgan fingerprint density at radius 3 is 3.00 bits per heavy atom. The largest absolute Gasteiger partial charge is 0.261 e. The second-order valence-corrected chi connectivity index (χ2v) is 2.27. The van der Waals surface area contributed by atoms with Crippen molar-refractivity contribution in [2.24, 2.45) is 0 Å². The Morgan fingerprint density at radius 1 is 1.56 bits per heavy atom. The van der Waals surface area contributed by atoms with Crippen LogP contribution in [0.4, 0.5) is 0 Å². The lowest BCUT2D eigenvalue weighted by molar-refractivity contribution is 0.929. The zero-order valence-electron chi connectivity index (χ0n) is 4.71. The standard InChI is InChI=1S/C5H6IN3/c6-9-4-5-3-7-1-2-8-5/h1-3,9H,4H2. The third kappa shape index (κ3) is 2.23. The fourth-order valence-corrected chi connectivity index (χ4v) is 0.880. The van der Waals surface area contributed by atoms with Crippen LogP contribution in [0.15, 0.2) is 18.6 Å². The van der Waals surface area contributed by atoms with Gasteiger partial charge in [-0.2, -0.15) is 0 Å². The lowest BCUT2D eigenvalue weighted by Crippen LogP contribution is -1.99. The number of nitrogens with one attached hydrogen (secondary N) is 1. The molecular weight excluding hydrogens is 229 g/mol. The van der Waals surface area contributed by atoms with Gasteiger partial charge in [0.15, 0.2) is 0 Å². The molecule has 1 heterocycles. The first kappa shape index (κ1) is 6.88. The topological polar surface area (TPSA) is 37.8 Å². The van der Waals surface area contributed by atoms with Crippen LogP contribution in [0.2, 0.25) is 0 Å². The Morgan fingerprint density at radius 2 is 2.44 bits per heavy atom. The molecule has 0 unspecified atom stereocenters. The van der Waals surface area contributed by atoms with Crippen molar-refractivity contribution in [2.45, 2.75) is 6.54 Å². The molecule has 1 aromatic rings. The van der Waals surface area contributed by atoms with Crippen LogP contribution in [0.3, 0.4) is 0 Å². The fourth-order valence-electron chi connectivity index (χ4n) is 0.490. The Labute approximate surface area is 67.4 Å². The van der Waals surface area contributed by atoms with E-state index in [0.29, 0.717) is 0 Å². The molecule has 0 saturated carbocycles. The average Bonchev–Trinajstić information content (AvgIpc) is 1.91. The first-order valence-corrected chi connectivity index (χ1v) is 3.60. The monoisotopic (exact) mass is 235 g/mol. The molecule has 1 N–H and O–H groups in total. The molecule has 4 heteroatoms. The van der Waals surface area contributed by atoms with E-state index in [2.05, 4.69) is 36.4 Å². The summed E-state index contributed by atoms with van der Waals surface area (Å²) in [6.07, 6.45) is 5.09. The highest BCUT2D eigenvalue weighted by atomic mass is 127. The minimum Gasteiger partial charge on any atom is -0.261 e. The molecule has 0 aliphatic heterocycles. The number of nitrogens with zero attached hydrogens (tertiary/aromatic N) is 2. The van der Waals surface area contributed by atoms with Gasteiger partial charge in [-0.3, -0.25) is 13.5 Å². The average molecular weight is 235 g/mol. The van der Waals surface area contributed by atoms with Gasteiger partial charge < -0.3 is 0 Å². The maximum atomic E-state index is 4.04. The molecule has 0 saturated heterocycles. The Balaban J connectivity index is 2.61. The van der Waals surface area contributed by atoms with Crippen molar-refractivity contribution in [3.63, 3.8) is 0 Å².